The van der Waals surface area contributed by atoms with Crippen molar-refractivity contribution in [2.24, 2.45) is 5.92 Å². The van der Waals surface area contributed by atoms with Gasteiger partial charge in [-0.2, -0.15) is 0 Å². The van der Waals surface area contributed by atoms with Gasteiger partial charge >= 0.3 is 0 Å². The molecule has 2 nitrogen and oxygen atoms in total. The van der Waals surface area contributed by atoms with Crippen LogP contribution in [0.4, 0.5) is 0 Å². The molecule has 0 spiro atoms. The second-order valence-corrected chi connectivity index (χ2v) is 2.38. The van der Waals surface area contributed by atoms with Crippen molar-refractivity contribution in [3.8, 4) is 0 Å². The Bertz CT molecular complexity index is 130. The maximum atomic E-state index is 10.0. The highest BCUT2D eigenvalue weighted by molar-refractivity contribution is 5.64. The third-order valence-corrected chi connectivity index (χ3v) is 1.56. The molecule has 2 heteroatoms. The standard InChI is InChI=1S/C7H10O2/c8-7(9)5-6-3-1-2-4-6/h1-2,6H,3-5H2,(H,8,9)/p-1. The third kappa shape index (κ3) is 1.88. The van der Waals surface area contributed by atoms with E-state index in [0.29, 0.717) is 5.92 Å². The maximum absolute atomic E-state index is 10.0. The maximum Gasteiger partial charge on any atom is 0.0417 e. The van der Waals surface area contributed by atoms with E-state index in [1.807, 2.05) is 12.2 Å². The number of allylic oxidation sites excluding steroid dienone is 2. The number of aliphatic carboxylic acids is 1. The molecule has 0 heterocycles. The van der Waals surface area contributed by atoms with Gasteiger partial charge in [0.05, 0.1) is 0 Å². The first-order chi connectivity index (χ1) is 4.29. The van der Waals surface area contributed by atoms with E-state index in [1.165, 1.54) is 0 Å². The van der Waals surface area contributed by atoms with Gasteiger partial charge in [0.1, 0.15) is 0 Å². The zero-order chi connectivity index (χ0) is 6.69. The highest BCUT2D eigenvalue weighted by Gasteiger charge is 2.08. The quantitative estimate of drug-likeness (QED) is 0.491. The molecule has 0 aromatic carbocycles. The molecule has 9 heavy (non-hydrogen) atoms. The van der Waals surface area contributed by atoms with E-state index in [9.17, 15) is 9.90 Å². The molecule has 0 unspecified atom stereocenters. The van der Waals surface area contributed by atoms with E-state index in [2.05, 4.69) is 0 Å². The van der Waals surface area contributed by atoms with E-state index >= 15 is 0 Å². The molecule has 1 aliphatic carbocycles. The Morgan fingerprint density at radius 2 is 2.11 bits per heavy atom. The average molecular weight is 125 g/mol. The van der Waals surface area contributed by atoms with Crippen molar-refractivity contribution in [1.29, 1.82) is 0 Å². The Morgan fingerprint density at radius 3 is 2.56 bits per heavy atom. The molecule has 0 aromatic rings. The summed E-state index contributed by atoms with van der Waals surface area (Å²) in [6.07, 6.45) is 6.08. The number of carboxylic acid groups (broad SMARTS) is 1. The molecular weight excluding hydrogens is 116 g/mol. The molecule has 0 saturated heterocycles. The fourth-order valence-electron chi connectivity index (χ4n) is 1.08. The van der Waals surface area contributed by atoms with Gasteiger partial charge in [-0.15, -0.1) is 0 Å². The Labute approximate surface area is 54.2 Å². The van der Waals surface area contributed by atoms with Crippen molar-refractivity contribution in [3.63, 3.8) is 0 Å². The molecule has 0 saturated carbocycles. The number of rotatable bonds is 2. The highest BCUT2D eigenvalue weighted by Crippen LogP contribution is 2.20. The molecule has 0 bridgehead atoms. The van der Waals surface area contributed by atoms with Crippen molar-refractivity contribution < 1.29 is 9.90 Å². The van der Waals surface area contributed by atoms with Crippen molar-refractivity contribution in [3.05, 3.63) is 12.2 Å². The molecular formula is C7H9O2-. The van der Waals surface area contributed by atoms with Crippen LogP contribution in [0, 0.1) is 5.92 Å². The monoisotopic (exact) mass is 125 g/mol. The van der Waals surface area contributed by atoms with Crippen LogP contribution in [0.15, 0.2) is 12.2 Å². The van der Waals surface area contributed by atoms with Gasteiger partial charge in [-0.25, -0.2) is 0 Å². The summed E-state index contributed by atoms with van der Waals surface area (Å²) in [5.41, 5.74) is 0. The number of carbonyl (C=O) groups excluding carboxylic acids is 1. The minimum atomic E-state index is -0.927. The van der Waals surface area contributed by atoms with Gasteiger partial charge in [-0.3, -0.25) is 0 Å². The lowest BCUT2D eigenvalue weighted by atomic mass is 10.0. The molecule has 0 aromatic heterocycles. The van der Waals surface area contributed by atoms with Gasteiger partial charge < -0.3 is 9.90 Å². The average Bonchev–Trinajstić information content (AvgIpc) is 2.15. The summed E-state index contributed by atoms with van der Waals surface area (Å²) in [7, 11) is 0. The first-order valence-corrected chi connectivity index (χ1v) is 3.14. The van der Waals surface area contributed by atoms with Crippen LogP contribution in [0.2, 0.25) is 0 Å². The second-order valence-electron chi connectivity index (χ2n) is 2.38. The predicted molar refractivity (Wildman–Crippen MR) is 31.5 cm³/mol. The Kier molecular flexibility index (Phi) is 1.88. The summed E-state index contributed by atoms with van der Waals surface area (Å²) in [5.74, 6) is -0.612. The number of hydrogen-bond donors (Lipinski definition) is 0. The van der Waals surface area contributed by atoms with Crippen LogP contribution in [-0.4, -0.2) is 5.97 Å². The molecule has 1 aliphatic rings. The molecule has 0 aliphatic heterocycles. The molecule has 50 valence electrons. The lowest BCUT2D eigenvalue weighted by Gasteiger charge is -2.07. The first kappa shape index (κ1) is 6.33. The van der Waals surface area contributed by atoms with Gasteiger partial charge in [0.25, 0.3) is 0 Å². The van der Waals surface area contributed by atoms with Crippen molar-refractivity contribution in [1.82, 2.24) is 0 Å². The molecule has 1 rings (SSSR count). The first-order valence-electron chi connectivity index (χ1n) is 3.14. The molecule has 0 N–H and O–H groups in total. The summed E-state index contributed by atoms with van der Waals surface area (Å²) in [6.45, 7) is 0. The van der Waals surface area contributed by atoms with Gasteiger partial charge in [0, 0.05) is 5.97 Å². The van der Waals surface area contributed by atoms with Gasteiger partial charge in [0.15, 0.2) is 0 Å². The summed E-state index contributed by atoms with van der Waals surface area (Å²) in [5, 5.41) is 10.0. The van der Waals surface area contributed by atoms with Crippen LogP contribution < -0.4 is 5.11 Å². The van der Waals surface area contributed by atoms with E-state index in [4.69, 9.17) is 0 Å². The fourth-order valence-corrected chi connectivity index (χ4v) is 1.08. The summed E-state index contributed by atoms with van der Waals surface area (Å²) >= 11 is 0. The Hall–Kier alpha value is -0.790. The summed E-state index contributed by atoms with van der Waals surface area (Å²) < 4.78 is 0. The van der Waals surface area contributed by atoms with E-state index in [0.717, 1.165) is 12.8 Å². The van der Waals surface area contributed by atoms with Gasteiger partial charge in [-0.1, -0.05) is 12.2 Å². The van der Waals surface area contributed by atoms with Crippen molar-refractivity contribution >= 4 is 5.97 Å². The third-order valence-electron chi connectivity index (χ3n) is 1.56. The lowest BCUT2D eigenvalue weighted by Crippen LogP contribution is -2.24. The summed E-state index contributed by atoms with van der Waals surface area (Å²) in [4.78, 5) is 10.0. The number of hydrogen-bond acceptors (Lipinski definition) is 2. The van der Waals surface area contributed by atoms with Crippen LogP contribution >= 0.6 is 0 Å². The summed E-state index contributed by atoms with van der Waals surface area (Å²) in [6, 6.07) is 0. The SMILES string of the molecule is O=C([O-])CC1CC=CC1. The van der Waals surface area contributed by atoms with Crippen LogP contribution in [-0.2, 0) is 4.79 Å². The lowest BCUT2D eigenvalue weighted by molar-refractivity contribution is -0.306. The topological polar surface area (TPSA) is 40.1 Å². The van der Waals surface area contributed by atoms with E-state index in [-0.39, 0.29) is 6.42 Å². The minimum Gasteiger partial charge on any atom is -0.550 e. The van der Waals surface area contributed by atoms with Crippen LogP contribution in [0.25, 0.3) is 0 Å². The van der Waals surface area contributed by atoms with E-state index < -0.39 is 5.97 Å². The van der Waals surface area contributed by atoms with E-state index in [1.54, 1.807) is 0 Å². The second kappa shape index (κ2) is 2.67. The van der Waals surface area contributed by atoms with Crippen LogP contribution in [0.5, 0.6) is 0 Å². The smallest absolute Gasteiger partial charge is 0.0417 e. The number of carbonyl (C=O) groups is 1. The van der Waals surface area contributed by atoms with Crippen LogP contribution in [0.3, 0.4) is 0 Å². The van der Waals surface area contributed by atoms with Gasteiger partial charge in [0.2, 0.25) is 0 Å². The normalized spacial score (nSPS) is 18.7. The zero-order valence-electron chi connectivity index (χ0n) is 5.17. The minimum absolute atomic E-state index is 0.215. The molecule has 0 amide bonds. The predicted octanol–water partition coefficient (Wildman–Crippen LogP) is 0.0926. The Balaban J connectivity index is 2.22. The Morgan fingerprint density at radius 1 is 1.56 bits per heavy atom. The van der Waals surface area contributed by atoms with Gasteiger partial charge in [-0.05, 0) is 25.2 Å². The fraction of sp³-hybridized carbons (Fsp3) is 0.571. The zero-order valence-corrected chi connectivity index (χ0v) is 5.17. The molecule has 0 atom stereocenters. The van der Waals surface area contributed by atoms with Crippen molar-refractivity contribution in [2.75, 3.05) is 0 Å². The molecule has 0 radical (unpaired) electrons. The van der Waals surface area contributed by atoms with Crippen molar-refractivity contribution in [2.45, 2.75) is 19.3 Å². The molecule has 0 fully saturated rings. The number of carboxylic acids is 1. The highest BCUT2D eigenvalue weighted by atomic mass is 16.4. The largest absolute Gasteiger partial charge is 0.550 e. The van der Waals surface area contributed by atoms with Crippen LogP contribution in [0.1, 0.15) is 19.3 Å².